The van der Waals surface area contributed by atoms with Crippen LogP contribution in [-0.2, 0) is 9.53 Å². The maximum atomic E-state index is 13.2. The Morgan fingerprint density at radius 3 is 2.16 bits per heavy atom. The molecule has 1 fully saturated rings. The zero-order valence-electron chi connectivity index (χ0n) is 11.0. The van der Waals surface area contributed by atoms with Crippen molar-refractivity contribution in [1.29, 1.82) is 0 Å². The Hall–Kier alpha value is -1.47. The molecule has 0 spiro atoms. The van der Waals surface area contributed by atoms with Gasteiger partial charge in [-0.2, -0.15) is 13.2 Å². The van der Waals surface area contributed by atoms with Gasteiger partial charge in [-0.1, -0.05) is 0 Å². The van der Waals surface area contributed by atoms with E-state index in [1.165, 1.54) is 20.8 Å². The summed E-state index contributed by atoms with van der Waals surface area (Å²) in [5, 5.41) is 0. The van der Waals surface area contributed by atoms with E-state index in [0.29, 0.717) is 4.90 Å². The molecule has 110 valence electrons. The summed E-state index contributed by atoms with van der Waals surface area (Å²) >= 11 is 0. The maximum Gasteiger partial charge on any atom is 0.420 e. The first kappa shape index (κ1) is 15.6. The molecule has 0 bridgehead atoms. The van der Waals surface area contributed by atoms with Crippen molar-refractivity contribution >= 4 is 12.0 Å². The topological polar surface area (TPSA) is 72.6 Å². The van der Waals surface area contributed by atoms with E-state index in [0.717, 1.165) is 0 Å². The first-order chi connectivity index (χ1) is 8.42. The summed E-state index contributed by atoms with van der Waals surface area (Å²) in [4.78, 5) is 23.5. The van der Waals surface area contributed by atoms with E-state index in [9.17, 15) is 22.8 Å². The standard InChI is InChI=1S/C11H17F3N2O3/c1-9(2,3)19-8(18)16-6-4-5-10(16,7(15)17)11(12,13)14/h4-6H2,1-3H3,(H2,15,17)/t10-/m1/s1. The zero-order valence-corrected chi connectivity index (χ0v) is 11.0. The number of hydrogen-bond acceptors (Lipinski definition) is 3. The number of nitrogens with zero attached hydrogens (tertiary/aromatic N) is 1. The van der Waals surface area contributed by atoms with Gasteiger partial charge in [0.25, 0.3) is 5.91 Å². The molecule has 2 N–H and O–H groups in total. The molecule has 0 aromatic rings. The largest absolute Gasteiger partial charge is 0.444 e. The summed E-state index contributed by atoms with van der Waals surface area (Å²) in [5.74, 6) is -1.58. The number of rotatable bonds is 1. The van der Waals surface area contributed by atoms with Crippen molar-refractivity contribution in [3.8, 4) is 0 Å². The Balaban J connectivity index is 3.12. The second-order valence-electron chi connectivity index (χ2n) is 5.46. The second kappa shape index (κ2) is 4.57. The normalized spacial score (nSPS) is 24.4. The molecule has 1 atom stereocenters. The third kappa shape index (κ3) is 2.76. The van der Waals surface area contributed by atoms with E-state index in [-0.39, 0.29) is 13.0 Å². The number of hydrogen-bond donors (Lipinski definition) is 1. The number of ether oxygens (including phenoxy) is 1. The van der Waals surface area contributed by atoms with E-state index in [1.807, 2.05) is 0 Å². The van der Waals surface area contributed by atoms with Gasteiger partial charge in [-0.25, -0.2) is 4.79 Å². The van der Waals surface area contributed by atoms with Gasteiger partial charge in [-0.05, 0) is 33.6 Å². The number of carbonyl (C=O) groups is 2. The van der Waals surface area contributed by atoms with E-state index in [2.05, 4.69) is 0 Å². The SMILES string of the molecule is CC(C)(C)OC(=O)N1CCC[C@@]1(C(N)=O)C(F)(F)F. The fraction of sp³-hybridized carbons (Fsp3) is 0.818. The highest BCUT2D eigenvalue weighted by atomic mass is 19.4. The lowest BCUT2D eigenvalue weighted by Crippen LogP contribution is -2.65. The van der Waals surface area contributed by atoms with Crippen molar-refractivity contribution in [2.24, 2.45) is 5.73 Å². The van der Waals surface area contributed by atoms with E-state index in [1.54, 1.807) is 0 Å². The molecule has 2 amide bonds. The summed E-state index contributed by atoms with van der Waals surface area (Å²) in [7, 11) is 0. The van der Waals surface area contributed by atoms with Crippen molar-refractivity contribution in [1.82, 2.24) is 4.90 Å². The number of halogens is 3. The summed E-state index contributed by atoms with van der Waals surface area (Å²) in [6, 6.07) is 0. The average molecular weight is 282 g/mol. The minimum atomic E-state index is -4.92. The molecule has 1 rings (SSSR count). The van der Waals surface area contributed by atoms with Gasteiger partial charge in [0.05, 0.1) is 0 Å². The molecule has 8 heteroatoms. The van der Waals surface area contributed by atoms with Gasteiger partial charge in [0.15, 0.2) is 0 Å². The highest BCUT2D eigenvalue weighted by Gasteiger charge is 2.66. The quantitative estimate of drug-likeness (QED) is 0.797. The van der Waals surface area contributed by atoms with E-state index < -0.39 is 35.7 Å². The Labute approximate surface area is 108 Å². The van der Waals surface area contributed by atoms with Gasteiger partial charge >= 0.3 is 12.3 Å². The van der Waals surface area contributed by atoms with Crippen LogP contribution < -0.4 is 5.73 Å². The molecule has 1 heterocycles. The third-order valence-electron chi connectivity index (χ3n) is 2.87. The molecule has 0 aromatic carbocycles. The van der Waals surface area contributed by atoms with E-state index in [4.69, 9.17) is 10.5 Å². The molecule has 0 saturated carbocycles. The Morgan fingerprint density at radius 1 is 1.26 bits per heavy atom. The summed E-state index contributed by atoms with van der Waals surface area (Å²) in [5.41, 5.74) is 0.990. The predicted octanol–water partition coefficient (Wildman–Crippen LogP) is 1.80. The second-order valence-corrected chi connectivity index (χ2v) is 5.46. The van der Waals surface area contributed by atoms with Gasteiger partial charge < -0.3 is 10.5 Å². The highest BCUT2D eigenvalue weighted by molar-refractivity contribution is 5.90. The summed E-state index contributed by atoms with van der Waals surface area (Å²) < 4.78 is 44.4. The highest BCUT2D eigenvalue weighted by Crippen LogP contribution is 2.43. The van der Waals surface area contributed by atoms with Crippen LogP contribution in [-0.4, -0.2) is 40.8 Å². The number of alkyl halides is 3. The van der Waals surface area contributed by atoms with Gasteiger partial charge in [0, 0.05) is 6.54 Å². The molecule has 0 aromatic heterocycles. The molecular weight excluding hydrogens is 265 g/mol. The molecular formula is C11H17F3N2O3. The number of carbonyl (C=O) groups excluding carboxylic acids is 2. The molecule has 1 saturated heterocycles. The number of primary amides is 1. The van der Waals surface area contributed by atoms with Crippen molar-refractivity contribution in [3.63, 3.8) is 0 Å². The van der Waals surface area contributed by atoms with Crippen LogP contribution in [0.25, 0.3) is 0 Å². The fourth-order valence-corrected chi connectivity index (χ4v) is 2.07. The van der Waals surface area contributed by atoms with Crippen LogP contribution in [0.15, 0.2) is 0 Å². The third-order valence-corrected chi connectivity index (χ3v) is 2.87. The lowest BCUT2D eigenvalue weighted by Gasteiger charge is -2.37. The zero-order chi connectivity index (χ0) is 15.1. The molecule has 19 heavy (non-hydrogen) atoms. The Bertz CT molecular complexity index is 390. The minimum absolute atomic E-state index is 0.0433. The Morgan fingerprint density at radius 2 is 1.79 bits per heavy atom. The van der Waals surface area contributed by atoms with Crippen LogP contribution in [0.4, 0.5) is 18.0 Å². The minimum Gasteiger partial charge on any atom is -0.444 e. The van der Waals surface area contributed by atoms with Crippen LogP contribution in [0.2, 0.25) is 0 Å². The number of amides is 2. The summed E-state index contributed by atoms with van der Waals surface area (Å²) in [6.45, 7) is 4.37. The van der Waals surface area contributed by atoms with Crippen molar-refractivity contribution in [2.45, 2.75) is 50.9 Å². The summed E-state index contributed by atoms with van der Waals surface area (Å²) in [6.07, 6.45) is -6.60. The van der Waals surface area contributed by atoms with Crippen LogP contribution in [0, 0.1) is 0 Å². The van der Waals surface area contributed by atoms with Gasteiger partial charge in [0.1, 0.15) is 5.60 Å². The number of likely N-dealkylation sites (tertiary alicyclic amines) is 1. The lowest BCUT2D eigenvalue weighted by molar-refractivity contribution is -0.216. The average Bonchev–Trinajstić information content (AvgIpc) is 2.57. The molecule has 5 nitrogen and oxygen atoms in total. The van der Waals surface area contributed by atoms with Crippen LogP contribution in [0.3, 0.4) is 0 Å². The van der Waals surface area contributed by atoms with Gasteiger partial charge in [-0.15, -0.1) is 0 Å². The molecule has 1 aliphatic heterocycles. The fourth-order valence-electron chi connectivity index (χ4n) is 2.07. The first-order valence-corrected chi connectivity index (χ1v) is 5.79. The molecule has 0 unspecified atom stereocenters. The first-order valence-electron chi connectivity index (χ1n) is 5.79. The van der Waals surface area contributed by atoms with Crippen LogP contribution >= 0.6 is 0 Å². The van der Waals surface area contributed by atoms with Crippen LogP contribution in [0.5, 0.6) is 0 Å². The molecule has 1 aliphatic rings. The van der Waals surface area contributed by atoms with E-state index >= 15 is 0 Å². The van der Waals surface area contributed by atoms with Gasteiger partial charge in [0.2, 0.25) is 5.54 Å². The van der Waals surface area contributed by atoms with Crippen LogP contribution in [0.1, 0.15) is 33.6 Å². The van der Waals surface area contributed by atoms with Crippen molar-refractivity contribution in [3.05, 3.63) is 0 Å². The molecule has 0 radical (unpaired) electrons. The monoisotopic (exact) mass is 282 g/mol. The maximum absolute atomic E-state index is 13.2. The van der Waals surface area contributed by atoms with Crippen molar-refractivity contribution in [2.75, 3.05) is 6.54 Å². The molecule has 0 aliphatic carbocycles. The Kier molecular flexibility index (Phi) is 3.75. The van der Waals surface area contributed by atoms with Gasteiger partial charge in [-0.3, -0.25) is 9.69 Å². The number of nitrogens with two attached hydrogens (primary N) is 1. The lowest BCUT2D eigenvalue weighted by atomic mass is 9.94. The predicted molar refractivity (Wildman–Crippen MR) is 60.2 cm³/mol. The smallest absolute Gasteiger partial charge is 0.420 e. The van der Waals surface area contributed by atoms with Crippen molar-refractivity contribution < 1.29 is 27.5 Å².